The van der Waals surface area contributed by atoms with Gasteiger partial charge in [-0.2, -0.15) is 16.4 Å². The van der Waals surface area contributed by atoms with Gasteiger partial charge >= 0.3 is 0 Å². The Morgan fingerprint density at radius 2 is 2.50 bits per heavy atom. The maximum atomic E-state index is 4.09. The van der Waals surface area contributed by atoms with Crippen molar-refractivity contribution >= 4 is 17.0 Å². The molecule has 0 radical (unpaired) electrons. The molecule has 0 saturated carbocycles. The molecule has 0 aliphatic heterocycles. The molecule has 0 unspecified atom stereocenters. The summed E-state index contributed by atoms with van der Waals surface area (Å²) < 4.78 is 1.77. The molecule has 2 nitrogen and oxygen atoms in total. The summed E-state index contributed by atoms with van der Waals surface area (Å²) in [6.07, 6.45) is 3.64. The topological polar surface area (TPSA) is 17.8 Å². The number of rotatable bonds is 2. The third kappa shape index (κ3) is 1.19. The van der Waals surface area contributed by atoms with Gasteiger partial charge in [-0.05, 0) is 17.5 Å². The second kappa shape index (κ2) is 2.95. The minimum absolute atomic E-state index is 0.918. The standard InChI is InChI=1S/C9H8N2S/c1-8(9-3-6-12-7-9)11-5-2-4-10-11/h2-7H,1H2. The van der Waals surface area contributed by atoms with Gasteiger partial charge in [-0.25, -0.2) is 4.68 Å². The first-order valence-electron chi connectivity index (χ1n) is 3.59. The second-order valence-electron chi connectivity index (χ2n) is 2.41. The van der Waals surface area contributed by atoms with Gasteiger partial charge in [0.1, 0.15) is 0 Å². The van der Waals surface area contributed by atoms with Gasteiger partial charge in [0.05, 0.1) is 5.70 Å². The molecule has 2 aromatic rings. The van der Waals surface area contributed by atoms with Crippen molar-refractivity contribution in [3.05, 3.63) is 47.4 Å². The first-order chi connectivity index (χ1) is 5.88. The normalized spacial score (nSPS) is 10.0. The van der Waals surface area contributed by atoms with E-state index in [1.165, 1.54) is 0 Å². The van der Waals surface area contributed by atoms with E-state index in [-0.39, 0.29) is 0 Å². The van der Waals surface area contributed by atoms with E-state index in [0.29, 0.717) is 0 Å². The lowest BCUT2D eigenvalue weighted by Crippen LogP contribution is -1.95. The van der Waals surface area contributed by atoms with Gasteiger partial charge < -0.3 is 0 Å². The zero-order chi connectivity index (χ0) is 8.39. The van der Waals surface area contributed by atoms with Crippen molar-refractivity contribution < 1.29 is 0 Å². The maximum absolute atomic E-state index is 4.09. The molecule has 0 fully saturated rings. The van der Waals surface area contributed by atoms with Crippen LogP contribution in [0.3, 0.4) is 0 Å². The fourth-order valence-corrected chi connectivity index (χ4v) is 1.65. The Bertz CT molecular complexity index is 323. The molecule has 0 atom stereocenters. The van der Waals surface area contributed by atoms with Crippen molar-refractivity contribution in [3.63, 3.8) is 0 Å². The first-order valence-corrected chi connectivity index (χ1v) is 4.54. The smallest absolute Gasteiger partial charge is 0.0654 e. The zero-order valence-electron chi connectivity index (χ0n) is 6.47. The molecule has 0 saturated heterocycles. The number of hydrogen-bond donors (Lipinski definition) is 0. The maximum Gasteiger partial charge on any atom is 0.0654 e. The van der Waals surface area contributed by atoms with Crippen LogP contribution < -0.4 is 0 Å². The quantitative estimate of drug-likeness (QED) is 0.687. The van der Waals surface area contributed by atoms with E-state index in [9.17, 15) is 0 Å². The van der Waals surface area contributed by atoms with Crippen molar-refractivity contribution in [2.24, 2.45) is 0 Å². The Kier molecular flexibility index (Phi) is 1.80. The van der Waals surface area contributed by atoms with Crippen LogP contribution in [-0.4, -0.2) is 9.78 Å². The summed E-state index contributed by atoms with van der Waals surface area (Å²) in [4.78, 5) is 0. The molecule has 0 N–H and O–H groups in total. The summed E-state index contributed by atoms with van der Waals surface area (Å²) in [6.45, 7) is 3.95. The molecule has 60 valence electrons. The van der Waals surface area contributed by atoms with Crippen molar-refractivity contribution in [1.29, 1.82) is 0 Å². The third-order valence-electron chi connectivity index (χ3n) is 1.64. The predicted octanol–water partition coefficient (Wildman–Crippen LogP) is 2.46. The van der Waals surface area contributed by atoms with Crippen molar-refractivity contribution in [1.82, 2.24) is 9.78 Å². The van der Waals surface area contributed by atoms with Gasteiger partial charge in [0, 0.05) is 23.3 Å². The average Bonchev–Trinajstić information content (AvgIpc) is 2.77. The summed E-state index contributed by atoms with van der Waals surface area (Å²) in [6, 6.07) is 3.92. The SMILES string of the molecule is C=C(c1ccsc1)n1cccn1. The van der Waals surface area contributed by atoms with Crippen LogP contribution in [0.2, 0.25) is 0 Å². The van der Waals surface area contributed by atoms with Gasteiger partial charge in [-0.3, -0.25) is 0 Å². The average molecular weight is 176 g/mol. The fourth-order valence-electron chi connectivity index (χ4n) is 0.989. The van der Waals surface area contributed by atoms with Crippen LogP contribution in [0.4, 0.5) is 0 Å². The molecule has 0 bridgehead atoms. The summed E-state index contributed by atoms with van der Waals surface area (Å²) in [5, 5.41) is 8.19. The zero-order valence-corrected chi connectivity index (χ0v) is 7.29. The predicted molar refractivity (Wildman–Crippen MR) is 51.0 cm³/mol. The molecule has 2 aromatic heterocycles. The molecule has 0 amide bonds. The van der Waals surface area contributed by atoms with E-state index >= 15 is 0 Å². The van der Waals surface area contributed by atoms with E-state index in [1.807, 2.05) is 23.7 Å². The van der Waals surface area contributed by atoms with Gasteiger partial charge in [0.25, 0.3) is 0 Å². The van der Waals surface area contributed by atoms with Crippen molar-refractivity contribution in [2.75, 3.05) is 0 Å². The summed E-state index contributed by atoms with van der Waals surface area (Å²) in [7, 11) is 0. The molecule has 0 aliphatic carbocycles. The second-order valence-corrected chi connectivity index (χ2v) is 3.19. The van der Waals surface area contributed by atoms with Crippen LogP contribution in [0.5, 0.6) is 0 Å². The highest BCUT2D eigenvalue weighted by atomic mass is 32.1. The van der Waals surface area contributed by atoms with E-state index in [0.717, 1.165) is 11.3 Å². The van der Waals surface area contributed by atoms with Gasteiger partial charge in [0.15, 0.2) is 0 Å². The van der Waals surface area contributed by atoms with Crippen LogP contribution in [-0.2, 0) is 0 Å². The molecule has 3 heteroatoms. The minimum atomic E-state index is 0.918. The lowest BCUT2D eigenvalue weighted by molar-refractivity contribution is 0.907. The fraction of sp³-hybridized carbons (Fsp3) is 0. The minimum Gasteiger partial charge on any atom is -0.241 e. The van der Waals surface area contributed by atoms with E-state index in [2.05, 4.69) is 17.1 Å². The van der Waals surface area contributed by atoms with Crippen LogP contribution in [0, 0.1) is 0 Å². The number of thiophene rings is 1. The van der Waals surface area contributed by atoms with E-state index < -0.39 is 0 Å². The summed E-state index contributed by atoms with van der Waals surface area (Å²) in [5.41, 5.74) is 2.05. The Morgan fingerprint density at radius 1 is 1.58 bits per heavy atom. The van der Waals surface area contributed by atoms with Crippen LogP contribution in [0.25, 0.3) is 5.70 Å². The molecule has 0 aliphatic rings. The number of nitrogens with zero attached hydrogens (tertiary/aromatic N) is 2. The lowest BCUT2D eigenvalue weighted by atomic mass is 10.3. The van der Waals surface area contributed by atoms with Crippen molar-refractivity contribution in [3.8, 4) is 0 Å². The monoisotopic (exact) mass is 176 g/mol. The van der Waals surface area contributed by atoms with Gasteiger partial charge in [0.2, 0.25) is 0 Å². The third-order valence-corrected chi connectivity index (χ3v) is 2.32. The molecule has 0 spiro atoms. The molecular formula is C9H8N2S. The lowest BCUT2D eigenvalue weighted by Gasteiger charge is -2.01. The highest BCUT2D eigenvalue weighted by Crippen LogP contribution is 2.16. The molecule has 2 heterocycles. The Labute approximate surface area is 74.8 Å². The Hall–Kier alpha value is -1.35. The van der Waals surface area contributed by atoms with Gasteiger partial charge in [-0.15, -0.1) is 0 Å². The number of aromatic nitrogens is 2. The summed E-state index contributed by atoms with van der Waals surface area (Å²) >= 11 is 1.66. The molecule has 12 heavy (non-hydrogen) atoms. The number of hydrogen-bond acceptors (Lipinski definition) is 2. The molecule has 2 rings (SSSR count). The summed E-state index contributed by atoms with van der Waals surface area (Å²) in [5.74, 6) is 0. The highest BCUT2D eigenvalue weighted by molar-refractivity contribution is 7.08. The van der Waals surface area contributed by atoms with Gasteiger partial charge in [-0.1, -0.05) is 6.58 Å². The van der Waals surface area contributed by atoms with E-state index in [1.54, 1.807) is 22.2 Å². The molecule has 0 aromatic carbocycles. The Morgan fingerprint density at radius 3 is 3.08 bits per heavy atom. The highest BCUT2D eigenvalue weighted by Gasteiger charge is 2.00. The first kappa shape index (κ1) is 7.31. The van der Waals surface area contributed by atoms with Crippen LogP contribution >= 0.6 is 11.3 Å². The van der Waals surface area contributed by atoms with Crippen molar-refractivity contribution in [2.45, 2.75) is 0 Å². The van der Waals surface area contributed by atoms with Crippen LogP contribution in [0.1, 0.15) is 5.56 Å². The Balaban J connectivity index is 2.34. The molecular weight excluding hydrogens is 168 g/mol. The van der Waals surface area contributed by atoms with E-state index in [4.69, 9.17) is 0 Å². The largest absolute Gasteiger partial charge is 0.241 e. The van der Waals surface area contributed by atoms with Crippen LogP contribution in [0.15, 0.2) is 41.9 Å².